The summed E-state index contributed by atoms with van der Waals surface area (Å²) in [5, 5.41) is 3.07. The van der Waals surface area contributed by atoms with E-state index in [1.165, 1.54) is 5.56 Å². The fraction of sp³-hybridized carbons (Fsp3) is 0.370. The summed E-state index contributed by atoms with van der Waals surface area (Å²) in [6.45, 7) is 8.70. The second-order valence-corrected chi connectivity index (χ2v) is 11.2. The first kappa shape index (κ1) is 23.4. The van der Waals surface area contributed by atoms with E-state index < -0.39 is 5.60 Å². The predicted molar refractivity (Wildman–Crippen MR) is 140 cm³/mol. The molecule has 35 heavy (non-hydrogen) atoms. The van der Waals surface area contributed by atoms with Gasteiger partial charge in [0.2, 0.25) is 5.91 Å². The predicted octanol–water partition coefficient (Wildman–Crippen LogP) is 6.11. The largest absolute Gasteiger partial charge is 0.444 e. The summed E-state index contributed by atoms with van der Waals surface area (Å²) in [5.74, 6) is -0.127. The van der Waals surface area contributed by atoms with Gasteiger partial charge in [0, 0.05) is 36.5 Å². The minimum absolute atomic E-state index is 0.00347. The van der Waals surface area contributed by atoms with Gasteiger partial charge in [0.05, 0.1) is 15.9 Å². The Morgan fingerprint density at radius 3 is 2.60 bits per heavy atom. The third kappa shape index (κ3) is 5.03. The highest BCUT2D eigenvalue weighted by Crippen LogP contribution is 2.32. The van der Waals surface area contributed by atoms with E-state index in [2.05, 4.69) is 41.0 Å². The lowest BCUT2D eigenvalue weighted by molar-refractivity contribution is -0.121. The number of likely N-dealkylation sites (tertiary alicyclic amines) is 1. The van der Waals surface area contributed by atoms with Crippen molar-refractivity contribution in [3.8, 4) is 11.3 Å². The van der Waals surface area contributed by atoms with Crippen LogP contribution in [0.2, 0.25) is 0 Å². The molecule has 3 heterocycles. The number of aryl methyl sites for hydroxylation is 1. The Kier molecular flexibility index (Phi) is 6.01. The van der Waals surface area contributed by atoms with E-state index >= 15 is 0 Å². The molecule has 0 spiro atoms. The molecule has 0 radical (unpaired) electrons. The molecular formula is C27H30N4O3S. The van der Waals surface area contributed by atoms with Crippen molar-refractivity contribution in [2.24, 2.45) is 5.92 Å². The Morgan fingerprint density at radius 2 is 1.89 bits per heavy atom. The molecule has 182 valence electrons. The van der Waals surface area contributed by atoms with Gasteiger partial charge in [-0.2, -0.15) is 0 Å². The van der Waals surface area contributed by atoms with Crippen LogP contribution in [0.25, 0.3) is 26.4 Å². The van der Waals surface area contributed by atoms with Gasteiger partial charge in [-0.05, 0) is 64.8 Å². The van der Waals surface area contributed by atoms with Crippen LogP contribution in [0.3, 0.4) is 0 Å². The molecule has 1 aliphatic heterocycles. The lowest BCUT2D eigenvalue weighted by Gasteiger charge is -2.32. The number of anilines is 1. The minimum atomic E-state index is -0.518. The topological polar surface area (TPSA) is 75.9 Å². The van der Waals surface area contributed by atoms with Crippen molar-refractivity contribution in [1.29, 1.82) is 0 Å². The highest BCUT2D eigenvalue weighted by Gasteiger charge is 2.30. The molecule has 4 aromatic rings. The van der Waals surface area contributed by atoms with Crippen LogP contribution in [-0.4, -0.2) is 45.0 Å². The zero-order valence-electron chi connectivity index (χ0n) is 20.5. The van der Waals surface area contributed by atoms with Crippen LogP contribution in [0, 0.1) is 12.8 Å². The quantitative estimate of drug-likeness (QED) is 0.376. The standard InChI is InChI=1S/C27H30N4O3S/c1-17-6-5-7-19(14-17)21-16-31-22-9-8-20(15-23(22)35-25(31)29-21)28-24(32)18-10-12-30(13-11-18)26(33)34-27(2,3)4/h5-9,14-16,18H,10-13H2,1-4H3,(H,28,32). The van der Waals surface area contributed by atoms with Crippen molar-refractivity contribution >= 4 is 44.2 Å². The van der Waals surface area contributed by atoms with Crippen molar-refractivity contribution in [2.75, 3.05) is 18.4 Å². The first-order valence-electron chi connectivity index (χ1n) is 11.9. The third-order valence-electron chi connectivity index (χ3n) is 6.19. The number of fused-ring (bicyclic) bond motifs is 3. The number of ether oxygens (including phenoxy) is 1. The van der Waals surface area contributed by atoms with Gasteiger partial charge in [-0.15, -0.1) is 0 Å². The van der Waals surface area contributed by atoms with E-state index in [1.54, 1.807) is 16.2 Å². The molecule has 0 bridgehead atoms. The summed E-state index contributed by atoms with van der Waals surface area (Å²) < 4.78 is 8.62. The first-order valence-corrected chi connectivity index (χ1v) is 12.8. The maximum Gasteiger partial charge on any atom is 0.410 e. The Morgan fingerprint density at radius 1 is 1.11 bits per heavy atom. The Bertz CT molecular complexity index is 1410. The van der Waals surface area contributed by atoms with Crippen LogP contribution in [0.4, 0.5) is 10.5 Å². The number of rotatable bonds is 3. The van der Waals surface area contributed by atoms with Crippen LogP contribution in [0.5, 0.6) is 0 Å². The summed E-state index contributed by atoms with van der Waals surface area (Å²) in [7, 11) is 0. The first-order chi connectivity index (χ1) is 16.7. The minimum Gasteiger partial charge on any atom is -0.444 e. The number of imidazole rings is 1. The number of nitrogens with zero attached hydrogens (tertiary/aromatic N) is 3. The van der Waals surface area contributed by atoms with Crippen molar-refractivity contribution < 1.29 is 14.3 Å². The van der Waals surface area contributed by atoms with E-state index in [9.17, 15) is 9.59 Å². The number of piperidine rings is 1. The van der Waals surface area contributed by atoms with E-state index in [1.807, 2.05) is 45.0 Å². The molecule has 2 amide bonds. The fourth-order valence-electron chi connectivity index (χ4n) is 4.42. The van der Waals surface area contributed by atoms with E-state index in [-0.39, 0.29) is 17.9 Å². The van der Waals surface area contributed by atoms with E-state index in [4.69, 9.17) is 9.72 Å². The van der Waals surface area contributed by atoms with Crippen molar-refractivity contribution in [3.05, 3.63) is 54.2 Å². The number of hydrogen-bond acceptors (Lipinski definition) is 5. The van der Waals surface area contributed by atoms with Crippen LogP contribution in [0.1, 0.15) is 39.2 Å². The number of hydrogen-bond donors (Lipinski definition) is 1. The Balaban J connectivity index is 1.25. The summed E-state index contributed by atoms with van der Waals surface area (Å²) in [5.41, 5.74) is 4.60. The smallest absolute Gasteiger partial charge is 0.410 e. The number of thiazole rings is 1. The Hall–Kier alpha value is -3.39. The third-order valence-corrected chi connectivity index (χ3v) is 7.21. The molecule has 1 fully saturated rings. The lowest BCUT2D eigenvalue weighted by atomic mass is 9.96. The molecule has 1 N–H and O–H groups in total. The van der Waals surface area contributed by atoms with Crippen molar-refractivity contribution in [3.63, 3.8) is 0 Å². The molecule has 5 rings (SSSR count). The molecule has 1 aliphatic rings. The van der Waals surface area contributed by atoms with Gasteiger partial charge in [0.1, 0.15) is 5.60 Å². The molecule has 0 atom stereocenters. The van der Waals surface area contributed by atoms with Crippen molar-refractivity contribution in [2.45, 2.75) is 46.1 Å². The monoisotopic (exact) mass is 490 g/mol. The summed E-state index contributed by atoms with van der Waals surface area (Å²) in [6, 6.07) is 14.3. The molecule has 0 aliphatic carbocycles. The van der Waals surface area contributed by atoms with Crippen molar-refractivity contribution in [1.82, 2.24) is 14.3 Å². The van der Waals surface area contributed by atoms with Gasteiger partial charge < -0.3 is 15.0 Å². The second kappa shape index (κ2) is 9.00. The highest BCUT2D eigenvalue weighted by atomic mass is 32.1. The fourth-order valence-corrected chi connectivity index (χ4v) is 5.46. The van der Waals surface area contributed by atoms with Gasteiger partial charge in [-0.25, -0.2) is 9.78 Å². The number of carbonyl (C=O) groups excluding carboxylic acids is 2. The number of benzene rings is 2. The molecule has 1 saturated heterocycles. The SMILES string of the molecule is Cc1cccc(-c2cn3c(n2)sc2cc(NC(=O)C4CCN(C(=O)OC(C)(C)C)CC4)ccc23)c1. The van der Waals surface area contributed by atoms with E-state index in [0.717, 1.165) is 32.1 Å². The molecule has 7 nitrogen and oxygen atoms in total. The van der Waals surface area contributed by atoms with Crippen LogP contribution in [0.15, 0.2) is 48.7 Å². The average Bonchev–Trinajstić information content (AvgIpc) is 3.36. The maximum absolute atomic E-state index is 12.9. The highest BCUT2D eigenvalue weighted by molar-refractivity contribution is 7.23. The molecule has 2 aromatic carbocycles. The summed E-state index contributed by atoms with van der Waals surface area (Å²) >= 11 is 1.61. The number of amides is 2. The molecule has 2 aromatic heterocycles. The number of carbonyl (C=O) groups is 2. The zero-order valence-corrected chi connectivity index (χ0v) is 21.3. The van der Waals surface area contributed by atoms with Gasteiger partial charge >= 0.3 is 6.09 Å². The van der Waals surface area contributed by atoms with Gasteiger partial charge in [0.15, 0.2) is 4.96 Å². The number of nitrogens with one attached hydrogen (secondary N) is 1. The summed E-state index contributed by atoms with van der Waals surface area (Å²) in [6.07, 6.45) is 3.01. The van der Waals surface area contributed by atoms with Crippen LogP contribution >= 0.6 is 11.3 Å². The molecule has 0 unspecified atom stereocenters. The normalized spacial score (nSPS) is 15.0. The zero-order chi connectivity index (χ0) is 24.7. The molecule has 0 saturated carbocycles. The number of aromatic nitrogens is 2. The van der Waals surface area contributed by atoms with Crippen LogP contribution in [-0.2, 0) is 9.53 Å². The molecular weight excluding hydrogens is 460 g/mol. The average molecular weight is 491 g/mol. The van der Waals surface area contributed by atoms with Gasteiger partial charge in [-0.1, -0.05) is 35.1 Å². The summed E-state index contributed by atoms with van der Waals surface area (Å²) in [4.78, 5) is 32.6. The lowest BCUT2D eigenvalue weighted by Crippen LogP contribution is -2.43. The maximum atomic E-state index is 12.9. The van der Waals surface area contributed by atoms with E-state index in [0.29, 0.717) is 25.9 Å². The van der Waals surface area contributed by atoms with Gasteiger partial charge in [-0.3, -0.25) is 9.20 Å². The Labute approximate surface area is 208 Å². The van der Waals surface area contributed by atoms with Crippen LogP contribution < -0.4 is 5.32 Å². The molecule has 8 heteroatoms. The second-order valence-electron chi connectivity index (χ2n) is 10.2. The van der Waals surface area contributed by atoms with Gasteiger partial charge in [0.25, 0.3) is 0 Å².